The third-order valence-corrected chi connectivity index (χ3v) is 1.48. The van der Waals surface area contributed by atoms with Crippen molar-refractivity contribution in [2.75, 3.05) is 0 Å². The van der Waals surface area contributed by atoms with Crippen molar-refractivity contribution in [1.82, 2.24) is 0 Å². The van der Waals surface area contributed by atoms with Gasteiger partial charge in [0.15, 0.2) is 0 Å². The number of carboxylic acid groups (broad SMARTS) is 1. The van der Waals surface area contributed by atoms with Gasteiger partial charge < -0.3 is 5.11 Å². The van der Waals surface area contributed by atoms with Crippen LogP contribution < -0.4 is 0 Å². The van der Waals surface area contributed by atoms with Crippen LogP contribution in [0.4, 0.5) is 8.78 Å². The smallest absolute Gasteiger partial charge is 0.349 e. The van der Waals surface area contributed by atoms with Crippen molar-refractivity contribution < 1.29 is 18.7 Å². The van der Waals surface area contributed by atoms with E-state index in [2.05, 4.69) is 0 Å². The minimum Gasteiger partial charge on any atom is -0.477 e. The number of aliphatic carboxylic acids is 1. The summed E-state index contributed by atoms with van der Waals surface area (Å²) in [6.45, 7) is 2.46. The molecule has 0 aromatic heterocycles. The van der Waals surface area contributed by atoms with Crippen molar-refractivity contribution in [3.63, 3.8) is 0 Å². The topological polar surface area (TPSA) is 61.2 Å². The van der Waals surface area contributed by atoms with Crippen molar-refractivity contribution in [3.8, 4) is 0 Å². The van der Waals surface area contributed by atoms with E-state index in [1.165, 1.54) is 13.8 Å². The Hall–Kier alpha value is -1.00. The molecule has 0 radical (unpaired) electrons. The highest BCUT2D eigenvalue weighted by molar-refractivity contribution is 6.34. The normalized spacial score (nSPS) is 11.8. The fourth-order valence-electron chi connectivity index (χ4n) is 0.608. The summed E-state index contributed by atoms with van der Waals surface area (Å²) in [5.74, 6) is -1.44. The van der Waals surface area contributed by atoms with Crippen LogP contribution in [0.3, 0.4) is 0 Å². The monoisotopic (exact) mass is 179 g/mol. The molecular formula is C7H11F2NO2. The van der Waals surface area contributed by atoms with Gasteiger partial charge in [0.2, 0.25) is 6.43 Å². The number of hydrogen-bond acceptors (Lipinski definition) is 2. The first kappa shape index (κ1) is 11.0. The predicted octanol–water partition coefficient (Wildman–Crippen LogP) is 1.77. The number of nitrogens with one attached hydrogen (secondary N) is 1. The average Bonchev–Trinajstić information content (AvgIpc) is 1.85. The molecule has 0 bridgehead atoms. The van der Waals surface area contributed by atoms with Crippen molar-refractivity contribution in [2.45, 2.75) is 26.7 Å². The number of halogens is 2. The summed E-state index contributed by atoms with van der Waals surface area (Å²) in [7, 11) is 0. The first-order chi connectivity index (χ1) is 5.27. The zero-order valence-electron chi connectivity index (χ0n) is 6.90. The highest BCUT2D eigenvalue weighted by Gasteiger charge is 2.32. The van der Waals surface area contributed by atoms with Gasteiger partial charge in [-0.25, -0.2) is 13.6 Å². The zero-order chi connectivity index (χ0) is 9.94. The molecule has 0 aromatic carbocycles. The van der Waals surface area contributed by atoms with E-state index < -0.39 is 29.9 Å². The van der Waals surface area contributed by atoms with Gasteiger partial charge in [0.25, 0.3) is 0 Å². The van der Waals surface area contributed by atoms with Crippen LogP contribution in [0.1, 0.15) is 20.3 Å². The Morgan fingerprint density at radius 3 is 2.25 bits per heavy atom. The summed E-state index contributed by atoms with van der Waals surface area (Å²) in [5.41, 5.74) is -2.12. The molecule has 12 heavy (non-hydrogen) atoms. The van der Waals surface area contributed by atoms with Crippen LogP contribution in [0.5, 0.6) is 0 Å². The SMILES string of the molecule is CC(C)(CC(=N)C(=O)O)C(F)F. The molecule has 0 aliphatic heterocycles. The third-order valence-electron chi connectivity index (χ3n) is 1.48. The van der Waals surface area contributed by atoms with E-state index in [-0.39, 0.29) is 0 Å². The lowest BCUT2D eigenvalue weighted by Crippen LogP contribution is -2.28. The van der Waals surface area contributed by atoms with Gasteiger partial charge >= 0.3 is 5.97 Å². The molecule has 0 amide bonds. The maximum Gasteiger partial charge on any atom is 0.349 e. The van der Waals surface area contributed by atoms with Gasteiger partial charge in [0, 0.05) is 11.8 Å². The van der Waals surface area contributed by atoms with Gasteiger partial charge in [-0.3, -0.25) is 5.41 Å². The molecular weight excluding hydrogens is 168 g/mol. The quantitative estimate of drug-likeness (QED) is 0.646. The standard InChI is InChI=1S/C7H11F2NO2/c1-7(2,6(8)9)3-4(10)5(11)12/h6,10H,3H2,1-2H3,(H,11,12). The van der Waals surface area contributed by atoms with E-state index in [1.54, 1.807) is 0 Å². The molecule has 0 saturated carbocycles. The fourth-order valence-corrected chi connectivity index (χ4v) is 0.608. The van der Waals surface area contributed by atoms with Crippen molar-refractivity contribution >= 4 is 11.7 Å². The Morgan fingerprint density at radius 2 is 2.00 bits per heavy atom. The van der Waals surface area contributed by atoms with E-state index in [4.69, 9.17) is 10.5 Å². The molecule has 0 saturated heterocycles. The Bertz CT molecular complexity index is 202. The molecule has 0 unspecified atom stereocenters. The molecule has 0 aliphatic carbocycles. The lowest BCUT2D eigenvalue weighted by Gasteiger charge is -2.22. The van der Waals surface area contributed by atoms with Gasteiger partial charge in [0.1, 0.15) is 5.71 Å². The fraction of sp³-hybridized carbons (Fsp3) is 0.714. The third kappa shape index (κ3) is 2.94. The lowest BCUT2D eigenvalue weighted by atomic mass is 9.87. The second-order valence-corrected chi connectivity index (χ2v) is 3.25. The van der Waals surface area contributed by atoms with Crippen molar-refractivity contribution in [1.29, 1.82) is 5.41 Å². The van der Waals surface area contributed by atoms with Gasteiger partial charge in [-0.15, -0.1) is 0 Å². The van der Waals surface area contributed by atoms with Crippen LogP contribution in [0.25, 0.3) is 0 Å². The minimum atomic E-state index is -2.61. The number of rotatable bonds is 4. The molecule has 0 aliphatic rings. The van der Waals surface area contributed by atoms with Crippen LogP contribution in [-0.2, 0) is 4.79 Å². The predicted molar refractivity (Wildman–Crippen MR) is 39.8 cm³/mol. The number of hydrogen-bond donors (Lipinski definition) is 2. The maximum atomic E-state index is 12.1. The van der Waals surface area contributed by atoms with Gasteiger partial charge in [-0.2, -0.15) is 0 Å². The van der Waals surface area contributed by atoms with Crippen LogP contribution >= 0.6 is 0 Å². The molecule has 0 spiro atoms. The van der Waals surface area contributed by atoms with Gasteiger partial charge in [0.05, 0.1) is 0 Å². The number of alkyl halides is 2. The minimum absolute atomic E-state index is 0.417. The Morgan fingerprint density at radius 1 is 1.58 bits per heavy atom. The van der Waals surface area contributed by atoms with Crippen LogP contribution in [0.2, 0.25) is 0 Å². The van der Waals surface area contributed by atoms with Gasteiger partial charge in [-0.05, 0) is 0 Å². The second kappa shape index (κ2) is 3.60. The zero-order valence-corrected chi connectivity index (χ0v) is 6.90. The Balaban J connectivity index is 4.25. The van der Waals surface area contributed by atoms with E-state index in [9.17, 15) is 13.6 Å². The molecule has 0 heterocycles. The summed E-state index contributed by atoms with van der Waals surface area (Å²) in [5, 5.41) is 15.1. The molecule has 0 atom stereocenters. The largest absolute Gasteiger partial charge is 0.477 e. The van der Waals surface area contributed by atoms with Crippen LogP contribution in [-0.4, -0.2) is 23.2 Å². The first-order valence-corrected chi connectivity index (χ1v) is 3.36. The summed E-state index contributed by atoms with van der Waals surface area (Å²) in [6, 6.07) is 0. The summed E-state index contributed by atoms with van der Waals surface area (Å²) < 4.78 is 24.3. The van der Waals surface area contributed by atoms with Crippen molar-refractivity contribution in [2.24, 2.45) is 5.41 Å². The average molecular weight is 179 g/mol. The molecule has 0 aromatic rings. The summed E-state index contributed by atoms with van der Waals surface area (Å²) >= 11 is 0. The van der Waals surface area contributed by atoms with E-state index in [0.717, 1.165) is 0 Å². The van der Waals surface area contributed by atoms with Crippen LogP contribution in [0, 0.1) is 10.8 Å². The Labute approximate surface area is 68.9 Å². The first-order valence-electron chi connectivity index (χ1n) is 3.36. The Kier molecular flexibility index (Phi) is 3.30. The molecule has 5 heteroatoms. The summed E-state index contributed by atoms with van der Waals surface area (Å²) in [4.78, 5) is 10.1. The van der Waals surface area contributed by atoms with E-state index in [0.29, 0.717) is 0 Å². The number of carboxylic acids is 1. The number of carbonyl (C=O) groups is 1. The molecule has 2 N–H and O–H groups in total. The van der Waals surface area contributed by atoms with Gasteiger partial charge in [-0.1, -0.05) is 13.8 Å². The highest BCUT2D eigenvalue weighted by Crippen LogP contribution is 2.28. The van der Waals surface area contributed by atoms with Crippen molar-refractivity contribution in [3.05, 3.63) is 0 Å². The van der Waals surface area contributed by atoms with Crippen LogP contribution in [0.15, 0.2) is 0 Å². The highest BCUT2D eigenvalue weighted by atomic mass is 19.3. The molecule has 3 nitrogen and oxygen atoms in total. The van der Waals surface area contributed by atoms with E-state index in [1.807, 2.05) is 0 Å². The molecule has 70 valence electrons. The summed E-state index contributed by atoms with van der Waals surface area (Å²) in [6.07, 6.45) is -3.03. The molecule has 0 fully saturated rings. The second-order valence-electron chi connectivity index (χ2n) is 3.25. The molecule has 0 rings (SSSR count). The lowest BCUT2D eigenvalue weighted by molar-refractivity contribution is -0.129. The maximum absolute atomic E-state index is 12.1. The van der Waals surface area contributed by atoms with E-state index >= 15 is 0 Å².